The third-order valence-electron chi connectivity index (χ3n) is 2.71. The van der Waals surface area contributed by atoms with Crippen LogP contribution in [0.4, 0.5) is 0 Å². The van der Waals surface area contributed by atoms with E-state index in [1.165, 1.54) is 0 Å². The zero-order chi connectivity index (χ0) is 14.3. The minimum Gasteiger partial charge on any atom is -0.409 e. The Morgan fingerprint density at radius 1 is 1.47 bits per heavy atom. The highest BCUT2D eigenvalue weighted by Crippen LogP contribution is 2.17. The number of amidine groups is 1. The molecule has 0 aliphatic heterocycles. The molecular formula is C13H18BrN3O2. The lowest BCUT2D eigenvalue weighted by Gasteiger charge is -2.06. The van der Waals surface area contributed by atoms with Crippen LogP contribution < -0.4 is 11.1 Å². The van der Waals surface area contributed by atoms with E-state index in [4.69, 9.17) is 10.9 Å². The summed E-state index contributed by atoms with van der Waals surface area (Å²) in [6.45, 7) is 2.54. The molecule has 0 spiro atoms. The van der Waals surface area contributed by atoms with E-state index in [1.807, 2.05) is 13.0 Å². The number of hydrogen-bond donors (Lipinski definition) is 3. The number of halogens is 1. The third kappa shape index (κ3) is 5.30. The molecule has 1 aromatic carbocycles. The Labute approximate surface area is 121 Å². The van der Waals surface area contributed by atoms with Crippen LogP contribution in [-0.2, 0) is 0 Å². The molecule has 1 amide bonds. The fraction of sp³-hybridized carbons (Fsp3) is 0.385. The van der Waals surface area contributed by atoms with E-state index in [0.29, 0.717) is 18.5 Å². The second-order valence-electron chi connectivity index (χ2n) is 4.27. The van der Waals surface area contributed by atoms with Gasteiger partial charge < -0.3 is 16.3 Å². The average molecular weight is 328 g/mol. The van der Waals surface area contributed by atoms with Gasteiger partial charge >= 0.3 is 0 Å². The summed E-state index contributed by atoms with van der Waals surface area (Å²) < 4.78 is 0.923. The van der Waals surface area contributed by atoms with Gasteiger partial charge in [-0.2, -0.15) is 0 Å². The van der Waals surface area contributed by atoms with Crippen LogP contribution in [0.3, 0.4) is 0 Å². The number of aryl methyl sites for hydroxylation is 1. The summed E-state index contributed by atoms with van der Waals surface area (Å²) in [5.74, 6) is 0.123. The maximum atomic E-state index is 11.8. The van der Waals surface area contributed by atoms with E-state index < -0.39 is 0 Å². The van der Waals surface area contributed by atoms with Crippen molar-refractivity contribution in [3.05, 3.63) is 33.8 Å². The molecule has 0 unspecified atom stereocenters. The number of carbonyl (C=O) groups is 1. The Morgan fingerprint density at radius 3 is 2.84 bits per heavy atom. The first kappa shape index (κ1) is 15.5. The first-order valence-corrected chi connectivity index (χ1v) is 6.84. The lowest BCUT2D eigenvalue weighted by Crippen LogP contribution is -2.24. The van der Waals surface area contributed by atoms with Crippen LogP contribution in [0.2, 0.25) is 0 Å². The van der Waals surface area contributed by atoms with Gasteiger partial charge in [0.15, 0.2) is 0 Å². The van der Waals surface area contributed by atoms with Crippen LogP contribution in [0.15, 0.2) is 27.8 Å². The molecule has 104 valence electrons. The summed E-state index contributed by atoms with van der Waals surface area (Å²) in [5.41, 5.74) is 7.07. The summed E-state index contributed by atoms with van der Waals surface area (Å²) in [4.78, 5) is 11.8. The van der Waals surface area contributed by atoms with Crippen molar-refractivity contribution in [2.24, 2.45) is 10.9 Å². The number of nitrogens with two attached hydrogens (primary N) is 1. The zero-order valence-corrected chi connectivity index (χ0v) is 12.4. The average Bonchev–Trinajstić information content (AvgIpc) is 2.40. The summed E-state index contributed by atoms with van der Waals surface area (Å²) in [6.07, 6.45) is 2.09. The predicted octanol–water partition coefficient (Wildman–Crippen LogP) is 2.40. The van der Waals surface area contributed by atoms with Gasteiger partial charge in [-0.05, 0) is 37.5 Å². The van der Waals surface area contributed by atoms with Crippen molar-refractivity contribution in [1.29, 1.82) is 0 Å². The molecule has 0 aromatic heterocycles. The van der Waals surface area contributed by atoms with Crippen LogP contribution in [0, 0.1) is 6.92 Å². The van der Waals surface area contributed by atoms with Gasteiger partial charge in [0.05, 0.1) is 0 Å². The highest BCUT2D eigenvalue weighted by Gasteiger charge is 2.06. The van der Waals surface area contributed by atoms with Gasteiger partial charge in [0, 0.05) is 23.0 Å². The molecule has 5 nitrogen and oxygen atoms in total. The highest BCUT2D eigenvalue weighted by atomic mass is 79.9. The van der Waals surface area contributed by atoms with E-state index in [-0.39, 0.29) is 11.7 Å². The van der Waals surface area contributed by atoms with Crippen molar-refractivity contribution in [2.45, 2.75) is 26.2 Å². The van der Waals surface area contributed by atoms with Gasteiger partial charge in [0.1, 0.15) is 5.84 Å². The van der Waals surface area contributed by atoms with Crippen LogP contribution in [0.25, 0.3) is 0 Å². The van der Waals surface area contributed by atoms with Gasteiger partial charge in [-0.3, -0.25) is 4.79 Å². The SMILES string of the molecule is Cc1ccc(C(=O)NCCCC/C(N)=N/O)cc1Br. The molecule has 0 aliphatic carbocycles. The van der Waals surface area contributed by atoms with Crippen molar-refractivity contribution in [3.8, 4) is 0 Å². The molecule has 0 atom stereocenters. The Bertz CT molecular complexity index is 475. The van der Waals surface area contributed by atoms with Crippen LogP contribution >= 0.6 is 15.9 Å². The molecule has 19 heavy (non-hydrogen) atoms. The third-order valence-corrected chi connectivity index (χ3v) is 3.56. The lowest BCUT2D eigenvalue weighted by molar-refractivity contribution is 0.0953. The normalized spacial score (nSPS) is 11.4. The van der Waals surface area contributed by atoms with Gasteiger partial charge in [-0.25, -0.2) is 0 Å². The minimum absolute atomic E-state index is 0.0931. The second-order valence-corrected chi connectivity index (χ2v) is 5.12. The maximum absolute atomic E-state index is 11.8. The second kappa shape index (κ2) is 7.78. The number of rotatable bonds is 6. The summed E-state index contributed by atoms with van der Waals surface area (Å²) in [5, 5.41) is 14.1. The molecule has 0 saturated heterocycles. The molecular weight excluding hydrogens is 310 g/mol. The Morgan fingerprint density at radius 2 is 2.21 bits per heavy atom. The van der Waals surface area contributed by atoms with Crippen LogP contribution in [0.5, 0.6) is 0 Å². The van der Waals surface area contributed by atoms with Gasteiger partial charge in [-0.1, -0.05) is 27.2 Å². The summed E-state index contributed by atoms with van der Waals surface area (Å²) >= 11 is 3.40. The molecule has 0 aliphatic rings. The fourth-order valence-electron chi connectivity index (χ4n) is 1.52. The lowest BCUT2D eigenvalue weighted by atomic mass is 10.1. The quantitative estimate of drug-likeness (QED) is 0.246. The fourth-order valence-corrected chi connectivity index (χ4v) is 1.90. The first-order valence-electron chi connectivity index (χ1n) is 6.05. The van der Waals surface area contributed by atoms with Gasteiger partial charge in [0.25, 0.3) is 5.91 Å². The molecule has 1 aromatic rings. The number of oxime groups is 1. The Kier molecular flexibility index (Phi) is 6.35. The van der Waals surface area contributed by atoms with Crippen molar-refractivity contribution in [2.75, 3.05) is 6.54 Å². The maximum Gasteiger partial charge on any atom is 0.251 e. The molecule has 0 heterocycles. The molecule has 6 heteroatoms. The molecule has 4 N–H and O–H groups in total. The van der Waals surface area contributed by atoms with E-state index in [2.05, 4.69) is 26.4 Å². The van der Waals surface area contributed by atoms with Gasteiger partial charge in [-0.15, -0.1) is 0 Å². The zero-order valence-electron chi connectivity index (χ0n) is 10.8. The summed E-state index contributed by atoms with van der Waals surface area (Å²) in [7, 11) is 0. The number of nitrogens with one attached hydrogen (secondary N) is 1. The molecule has 0 saturated carbocycles. The van der Waals surface area contributed by atoms with E-state index in [1.54, 1.807) is 12.1 Å². The van der Waals surface area contributed by atoms with E-state index >= 15 is 0 Å². The Hall–Kier alpha value is -1.56. The number of benzene rings is 1. The monoisotopic (exact) mass is 327 g/mol. The number of nitrogens with zero attached hydrogens (tertiary/aromatic N) is 1. The van der Waals surface area contributed by atoms with E-state index in [9.17, 15) is 4.79 Å². The number of carbonyl (C=O) groups excluding carboxylic acids is 1. The Balaban J connectivity index is 2.33. The molecule has 0 fully saturated rings. The van der Waals surface area contributed by atoms with Crippen molar-refractivity contribution < 1.29 is 10.0 Å². The van der Waals surface area contributed by atoms with Gasteiger partial charge in [0.2, 0.25) is 0 Å². The van der Waals surface area contributed by atoms with Crippen molar-refractivity contribution in [1.82, 2.24) is 5.32 Å². The highest BCUT2D eigenvalue weighted by molar-refractivity contribution is 9.10. The smallest absolute Gasteiger partial charge is 0.251 e. The van der Waals surface area contributed by atoms with E-state index in [0.717, 1.165) is 22.9 Å². The van der Waals surface area contributed by atoms with Crippen molar-refractivity contribution in [3.63, 3.8) is 0 Å². The number of amides is 1. The predicted molar refractivity (Wildman–Crippen MR) is 78.5 cm³/mol. The van der Waals surface area contributed by atoms with Crippen LogP contribution in [-0.4, -0.2) is 23.5 Å². The number of unbranched alkanes of at least 4 members (excludes halogenated alkanes) is 1. The summed E-state index contributed by atoms with van der Waals surface area (Å²) in [6, 6.07) is 5.50. The minimum atomic E-state index is -0.0931. The van der Waals surface area contributed by atoms with Crippen LogP contribution in [0.1, 0.15) is 35.2 Å². The topological polar surface area (TPSA) is 87.7 Å². The first-order chi connectivity index (χ1) is 9.04. The molecule has 0 bridgehead atoms. The molecule has 1 rings (SSSR count). The number of hydrogen-bond acceptors (Lipinski definition) is 3. The molecule has 0 radical (unpaired) electrons. The largest absolute Gasteiger partial charge is 0.409 e. The van der Waals surface area contributed by atoms with Crippen molar-refractivity contribution >= 4 is 27.7 Å². The standard InChI is InChI=1S/C13H18BrN3O2/c1-9-5-6-10(8-11(9)14)13(18)16-7-3-2-4-12(15)17-19/h5-6,8,19H,2-4,7H2,1H3,(H2,15,17)(H,16,18).